The molecule has 4 nitrogen and oxygen atoms in total. The van der Waals surface area contributed by atoms with Gasteiger partial charge in [-0.25, -0.2) is 4.39 Å². The minimum Gasteiger partial charge on any atom is -0.381 e. The molecular weight excluding hydrogens is 283 g/mol. The van der Waals surface area contributed by atoms with Gasteiger partial charge in [-0.2, -0.15) is 0 Å². The fourth-order valence-electron chi connectivity index (χ4n) is 2.81. The summed E-state index contributed by atoms with van der Waals surface area (Å²) in [6, 6.07) is 6.03. The lowest BCUT2D eigenvalue weighted by molar-refractivity contribution is -0.123. The van der Waals surface area contributed by atoms with E-state index in [2.05, 4.69) is 5.32 Å². The first-order valence-corrected chi connectivity index (χ1v) is 7.82. The molecule has 0 saturated carbocycles. The average Bonchev–Trinajstić information content (AvgIpc) is 2.53. The molecule has 1 amide bonds. The fourth-order valence-corrected chi connectivity index (χ4v) is 2.81. The minimum absolute atomic E-state index is 0.0939. The topological polar surface area (TPSA) is 64.4 Å². The van der Waals surface area contributed by atoms with Gasteiger partial charge >= 0.3 is 0 Å². The van der Waals surface area contributed by atoms with Gasteiger partial charge in [0.25, 0.3) is 0 Å². The fraction of sp³-hybridized carbons (Fsp3) is 0.588. The van der Waals surface area contributed by atoms with E-state index in [-0.39, 0.29) is 23.1 Å². The smallest absolute Gasteiger partial charge is 0.237 e. The molecule has 5 heteroatoms. The predicted octanol–water partition coefficient (Wildman–Crippen LogP) is 1.97. The normalized spacial score (nSPS) is 19.0. The molecule has 122 valence electrons. The molecule has 2 rings (SSSR count). The van der Waals surface area contributed by atoms with Crippen molar-refractivity contribution in [1.29, 1.82) is 0 Å². The molecule has 0 bridgehead atoms. The predicted molar refractivity (Wildman–Crippen MR) is 84.0 cm³/mol. The Morgan fingerprint density at radius 1 is 1.32 bits per heavy atom. The van der Waals surface area contributed by atoms with E-state index >= 15 is 0 Å². The Morgan fingerprint density at radius 3 is 2.45 bits per heavy atom. The highest BCUT2D eigenvalue weighted by Crippen LogP contribution is 2.34. The molecule has 0 aromatic heterocycles. The van der Waals surface area contributed by atoms with Crippen LogP contribution in [0.15, 0.2) is 24.3 Å². The number of carbonyl (C=O) groups is 1. The summed E-state index contributed by atoms with van der Waals surface area (Å²) >= 11 is 0. The van der Waals surface area contributed by atoms with Crippen LogP contribution in [0.25, 0.3) is 0 Å². The van der Waals surface area contributed by atoms with Crippen molar-refractivity contribution in [3.63, 3.8) is 0 Å². The van der Waals surface area contributed by atoms with Crippen LogP contribution in [-0.2, 0) is 14.9 Å². The number of hydrogen-bond acceptors (Lipinski definition) is 3. The van der Waals surface area contributed by atoms with E-state index in [1.54, 1.807) is 12.1 Å². The SMILES string of the molecule is CC(C)[C@H](N)C(=O)NCC1(c2ccc(F)cc2)CCOCC1. The third-order valence-electron chi connectivity index (χ3n) is 4.53. The largest absolute Gasteiger partial charge is 0.381 e. The quantitative estimate of drug-likeness (QED) is 0.874. The number of halogens is 1. The summed E-state index contributed by atoms with van der Waals surface area (Å²) in [5.74, 6) is -0.295. The molecule has 1 atom stereocenters. The number of ether oxygens (including phenoxy) is 1. The summed E-state index contributed by atoms with van der Waals surface area (Å²) in [5, 5.41) is 2.97. The second-order valence-corrected chi connectivity index (χ2v) is 6.39. The van der Waals surface area contributed by atoms with Gasteiger partial charge in [-0.3, -0.25) is 4.79 Å². The lowest BCUT2D eigenvalue weighted by Crippen LogP contribution is -2.50. The molecule has 0 aliphatic carbocycles. The van der Waals surface area contributed by atoms with Crippen molar-refractivity contribution in [1.82, 2.24) is 5.32 Å². The third-order valence-corrected chi connectivity index (χ3v) is 4.53. The van der Waals surface area contributed by atoms with Gasteiger partial charge in [0.15, 0.2) is 0 Å². The molecule has 0 unspecified atom stereocenters. The summed E-state index contributed by atoms with van der Waals surface area (Å²) in [7, 11) is 0. The second kappa shape index (κ2) is 7.20. The number of carbonyl (C=O) groups excluding carboxylic acids is 1. The molecular formula is C17H25FN2O2. The lowest BCUT2D eigenvalue weighted by Gasteiger charge is -2.38. The number of hydrogen-bond donors (Lipinski definition) is 2. The minimum atomic E-state index is -0.509. The van der Waals surface area contributed by atoms with E-state index in [0.29, 0.717) is 19.8 Å². The molecule has 3 N–H and O–H groups in total. The van der Waals surface area contributed by atoms with Gasteiger partial charge in [0.2, 0.25) is 5.91 Å². The summed E-state index contributed by atoms with van der Waals surface area (Å²) < 4.78 is 18.6. The van der Waals surface area contributed by atoms with Crippen LogP contribution in [0.2, 0.25) is 0 Å². The zero-order chi connectivity index (χ0) is 16.2. The van der Waals surface area contributed by atoms with Crippen molar-refractivity contribution < 1.29 is 13.9 Å². The zero-order valence-corrected chi connectivity index (χ0v) is 13.3. The number of amides is 1. The van der Waals surface area contributed by atoms with Gasteiger partial charge in [0, 0.05) is 25.2 Å². The molecule has 1 aliphatic heterocycles. The molecule has 1 aromatic carbocycles. The maximum absolute atomic E-state index is 13.2. The monoisotopic (exact) mass is 308 g/mol. The Labute approximate surface area is 131 Å². The number of nitrogens with two attached hydrogens (primary N) is 1. The van der Waals surface area contributed by atoms with Gasteiger partial charge in [0.05, 0.1) is 6.04 Å². The van der Waals surface area contributed by atoms with Crippen molar-refractivity contribution in [2.45, 2.75) is 38.1 Å². The molecule has 1 aromatic rings. The molecule has 0 radical (unpaired) electrons. The van der Waals surface area contributed by atoms with Crippen LogP contribution >= 0.6 is 0 Å². The Balaban J connectivity index is 2.12. The van der Waals surface area contributed by atoms with E-state index in [9.17, 15) is 9.18 Å². The van der Waals surface area contributed by atoms with Gasteiger partial charge < -0.3 is 15.8 Å². The van der Waals surface area contributed by atoms with Crippen LogP contribution in [0, 0.1) is 11.7 Å². The maximum Gasteiger partial charge on any atom is 0.237 e. The van der Waals surface area contributed by atoms with Crippen LogP contribution in [-0.4, -0.2) is 31.7 Å². The molecule has 1 fully saturated rings. The van der Waals surface area contributed by atoms with Crippen LogP contribution < -0.4 is 11.1 Å². The van der Waals surface area contributed by atoms with Gasteiger partial charge in [-0.1, -0.05) is 26.0 Å². The zero-order valence-electron chi connectivity index (χ0n) is 13.3. The lowest BCUT2D eigenvalue weighted by atomic mass is 9.74. The van der Waals surface area contributed by atoms with E-state index < -0.39 is 6.04 Å². The van der Waals surface area contributed by atoms with Crippen molar-refractivity contribution in [3.05, 3.63) is 35.6 Å². The maximum atomic E-state index is 13.2. The van der Waals surface area contributed by atoms with Gasteiger partial charge in [0.1, 0.15) is 5.82 Å². The van der Waals surface area contributed by atoms with E-state index in [1.165, 1.54) is 12.1 Å². The third kappa shape index (κ3) is 3.84. The van der Waals surface area contributed by atoms with Crippen LogP contribution in [0.4, 0.5) is 4.39 Å². The highest BCUT2D eigenvalue weighted by Gasteiger charge is 2.35. The molecule has 1 saturated heterocycles. The molecule has 22 heavy (non-hydrogen) atoms. The Morgan fingerprint density at radius 2 is 1.91 bits per heavy atom. The van der Waals surface area contributed by atoms with Crippen molar-refractivity contribution >= 4 is 5.91 Å². The van der Waals surface area contributed by atoms with E-state index in [0.717, 1.165) is 18.4 Å². The number of benzene rings is 1. The Hall–Kier alpha value is -1.46. The average molecular weight is 308 g/mol. The Bertz CT molecular complexity index is 496. The summed E-state index contributed by atoms with van der Waals surface area (Å²) in [6.07, 6.45) is 1.60. The highest BCUT2D eigenvalue weighted by atomic mass is 19.1. The van der Waals surface area contributed by atoms with Gasteiger partial charge in [-0.05, 0) is 36.5 Å². The van der Waals surface area contributed by atoms with E-state index in [1.807, 2.05) is 13.8 Å². The summed E-state index contributed by atoms with van der Waals surface area (Å²) in [5.41, 5.74) is 6.72. The first-order valence-electron chi connectivity index (χ1n) is 7.82. The van der Waals surface area contributed by atoms with Crippen molar-refractivity contribution in [2.24, 2.45) is 11.7 Å². The highest BCUT2D eigenvalue weighted by molar-refractivity contribution is 5.81. The van der Waals surface area contributed by atoms with Crippen molar-refractivity contribution in [2.75, 3.05) is 19.8 Å². The van der Waals surface area contributed by atoms with Crippen LogP contribution in [0.3, 0.4) is 0 Å². The molecule has 0 spiro atoms. The van der Waals surface area contributed by atoms with Crippen molar-refractivity contribution in [3.8, 4) is 0 Å². The molecule has 1 heterocycles. The summed E-state index contributed by atoms with van der Waals surface area (Å²) in [6.45, 7) is 5.64. The number of rotatable bonds is 5. The van der Waals surface area contributed by atoms with Crippen LogP contribution in [0.1, 0.15) is 32.3 Å². The second-order valence-electron chi connectivity index (χ2n) is 6.39. The standard InChI is InChI=1S/C17H25FN2O2/c1-12(2)15(19)16(21)20-11-17(7-9-22-10-8-17)13-3-5-14(18)6-4-13/h3-6,12,15H,7-11,19H2,1-2H3,(H,20,21)/t15-/m0/s1. The Kier molecular flexibility index (Phi) is 5.53. The van der Waals surface area contributed by atoms with Crippen LogP contribution in [0.5, 0.6) is 0 Å². The first kappa shape index (κ1) is 16.9. The van der Waals surface area contributed by atoms with E-state index in [4.69, 9.17) is 10.5 Å². The first-order chi connectivity index (χ1) is 10.4. The molecule has 1 aliphatic rings. The summed E-state index contributed by atoms with van der Waals surface area (Å²) in [4.78, 5) is 12.1. The van der Waals surface area contributed by atoms with Gasteiger partial charge in [-0.15, -0.1) is 0 Å². The number of nitrogens with one attached hydrogen (secondary N) is 1.